The molecule has 0 saturated heterocycles. The van der Waals surface area contributed by atoms with E-state index in [1.54, 1.807) is 12.1 Å². The zero-order valence-electron chi connectivity index (χ0n) is 15.4. The van der Waals surface area contributed by atoms with Gasteiger partial charge in [0.25, 0.3) is 0 Å². The van der Waals surface area contributed by atoms with Gasteiger partial charge < -0.3 is 9.57 Å². The van der Waals surface area contributed by atoms with E-state index < -0.39 is 12.2 Å². The first-order chi connectivity index (χ1) is 13.7. The Labute approximate surface area is 163 Å². The molecule has 0 aromatic heterocycles. The van der Waals surface area contributed by atoms with Crippen LogP contribution in [0.5, 0.6) is 0 Å². The van der Waals surface area contributed by atoms with E-state index in [1.165, 1.54) is 23.1 Å². The number of anilines is 1. The van der Waals surface area contributed by atoms with E-state index in [0.29, 0.717) is 12.2 Å². The van der Waals surface area contributed by atoms with Crippen molar-refractivity contribution in [2.45, 2.75) is 6.54 Å². The molecule has 0 bridgehead atoms. The minimum atomic E-state index is -0.846. The van der Waals surface area contributed by atoms with Gasteiger partial charge in [0.15, 0.2) is 0 Å². The maximum absolute atomic E-state index is 12.2. The lowest BCUT2D eigenvalue weighted by Crippen LogP contribution is -2.37. The Morgan fingerprint density at radius 2 is 1.46 bits per heavy atom. The molecule has 0 spiro atoms. The number of fused-ring (bicyclic) bond motifs is 1. The minimum absolute atomic E-state index is 0.312. The highest BCUT2D eigenvalue weighted by atomic mass is 16.7. The Balaban J connectivity index is 0.000000311. The Morgan fingerprint density at radius 1 is 0.857 bits per heavy atom. The van der Waals surface area contributed by atoms with Crippen LogP contribution < -0.4 is 10.4 Å². The quantitative estimate of drug-likeness (QED) is 0.523. The molecule has 142 valence electrons. The van der Waals surface area contributed by atoms with Crippen molar-refractivity contribution in [2.75, 3.05) is 12.0 Å². The summed E-state index contributed by atoms with van der Waals surface area (Å²) in [6, 6.07) is 27.0. The van der Waals surface area contributed by atoms with Crippen LogP contribution in [0.4, 0.5) is 15.3 Å². The molecule has 2 amide bonds. The second-order valence-corrected chi connectivity index (χ2v) is 5.95. The summed E-state index contributed by atoms with van der Waals surface area (Å²) in [7, 11) is 1.18. The van der Waals surface area contributed by atoms with Gasteiger partial charge in [-0.1, -0.05) is 66.7 Å². The lowest BCUT2D eigenvalue weighted by Gasteiger charge is -2.21. The second-order valence-electron chi connectivity index (χ2n) is 5.95. The van der Waals surface area contributed by atoms with Crippen molar-refractivity contribution in [3.05, 3.63) is 90.5 Å². The van der Waals surface area contributed by atoms with Gasteiger partial charge in [0.05, 0.1) is 13.7 Å². The maximum Gasteiger partial charge on any atom is 0.440 e. The number of carbonyl (C=O) groups is 2. The van der Waals surface area contributed by atoms with E-state index in [0.717, 1.165) is 5.56 Å². The Morgan fingerprint density at radius 3 is 1.96 bits per heavy atom. The van der Waals surface area contributed by atoms with Gasteiger partial charge in [-0.15, -0.1) is 5.48 Å². The van der Waals surface area contributed by atoms with Crippen molar-refractivity contribution in [2.24, 2.45) is 0 Å². The number of hydrogen-bond donors (Lipinski definition) is 1. The maximum atomic E-state index is 12.2. The average molecular weight is 376 g/mol. The zero-order valence-corrected chi connectivity index (χ0v) is 15.4. The number of nitrogens with zero attached hydrogens (tertiary/aromatic N) is 1. The van der Waals surface area contributed by atoms with Gasteiger partial charge in [0.2, 0.25) is 0 Å². The third kappa shape index (κ3) is 5.35. The number of benzene rings is 3. The van der Waals surface area contributed by atoms with Crippen LogP contribution in [0.1, 0.15) is 5.56 Å². The molecule has 0 atom stereocenters. The van der Waals surface area contributed by atoms with Gasteiger partial charge in [-0.05, 0) is 34.9 Å². The van der Waals surface area contributed by atoms with Crippen LogP contribution in [0.3, 0.4) is 0 Å². The van der Waals surface area contributed by atoms with Crippen LogP contribution in [0, 0.1) is 0 Å². The summed E-state index contributed by atoms with van der Waals surface area (Å²) < 4.78 is 4.36. The third-order valence-corrected chi connectivity index (χ3v) is 3.99. The predicted molar refractivity (Wildman–Crippen MR) is 107 cm³/mol. The van der Waals surface area contributed by atoms with Crippen LogP contribution in [0.15, 0.2) is 84.9 Å². The fraction of sp³-hybridized carbons (Fsp3) is 0.0909. The smallest absolute Gasteiger partial charge is 0.440 e. The average Bonchev–Trinajstić information content (AvgIpc) is 3.36. The number of rotatable bonds is 3. The first kappa shape index (κ1) is 19.0. The van der Waals surface area contributed by atoms with Crippen LogP contribution in [0.25, 0.3) is 11.1 Å². The van der Waals surface area contributed by atoms with E-state index in [-0.39, 0.29) is 0 Å². The number of carbonyl (C=O) groups excluding carboxylic acids is 2. The molecular weight excluding hydrogens is 356 g/mol. The third-order valence-electron chi connectivity index (χ3n) is 3.99. The van der Waals surface area contributed by atoms with Gasteiger partial charge in [0, 0.05) is 5.69 Å². The molecule has 1 N–H and O–H groups in total. The van der Waals surface area contributed by atoms with Crippen LogP contribution >= 0.6 is 0 Å². The molecule has 6 heteroatoms. The van der Waals surface area contributed by atoms with Gasteiger partial charge in [-0.2, -0.15) is 0 Å². The number of para-hydroxylation sites is 1. The summed E-state index contributed by atoms with van der Waals surface area (Å²) in [5, 5.41) is 0. The molecule has 2 aliphatic rings. The molecular formula is C22H20N2O4. The summed E-state index contributed by atoms with van der Waals surface area (Å²) in [5.74, 6) is 0. The molecule has 0 radical (unpaired) electrons. The highest BCUT2D eigenvalue weighted by Gasteiger charge is 2.19. The molecule has 28 heavy (non-hydrogen) atoms. The van der Waals surface area contributed by atoms with Crippen LogP contribution in [0.2, 0.25) is 0 Å². The fourth-order valence-corrected chi connectivity index (χ4v) is 2.49. The second kappa shape index (κ2) is 9.23. The molecule has 0 aliphatic heterocycles. The number of methoxy groups -OCH3 is 1. The zero-order chi connectivity index (χ0) is 19.8. The standard InChI is InChI=1S/C16H16N2O4.C6H4/c1-21-15(19)17-22-16(20)18(14-10-6-3-7-11-14)12-13-8-4-2-5-9-13;1-2-5-4-6(5)3-1/h2-11H,12H2,1H3,(H,17,19);1-4H. The summed E-state index contributed by atoms with van der Waals surface area (Å²) in [4.78, 5) is 29.4. The monoisotopic (exact) mass is 376 g/mol. The van der Waals surface area contributed by atoms with Crippen molar-refractivity contribution in [3.63, 3.8) is 0 Å². The van der Waals surface area contributed by atoms with E-state index >= 15 is 0 Å². The molecule has 0 fully saturated rings. The van der Waals surface area contributed by atoms with Crippen molar-refractivity contribution >= 4 is 17.9 Å². The lowest BCUT2D eigenvalue weighted by atomic mass is 10.2. The highest BCUT2D eigenvalue weighted by Crippen LogP contribution is 2.32. The van der Waals surface area contributed by atoms with Gasteiger partial charge in [-0.3, -0.25) is 4.90 Å². The SMILES string of the molecule is COC(=O)NOC(=O)N(Cc1ccccc1)c1ccccc1.c1cc2cc-2c1. The predicted octanol–water partition coefficient (Wildman–Crippen LogP) is 4.77. The summed E-state index contributed by atoms with van der Waals surface area (Å²) in [5.41, 5.74) is 6.36. The van der Waals surface area contributed by atoms with E-state index in [4.69, 9.17) is 4.84 Å². The van der Waals surface area contributed by atoms with Crippen molar-refractivity contribution < 1.29 is 19.2 Å². The van der Waals surface area contributed by atoms with E-state index in [1.807, 2.05) is 54.0 Å². The Hall–Kier alpha value is -3.80. The summed E-state index contributed by atoms with van der Waals surface area (Å²) in [6.07, 6.45) is -1.55. The van der Waals surface area contributed by atoms with Gasteiger partial charge >= 0.3 is 12.2 Å². The molecule has 2 aromatic rings. The first-order valence-corrected chi connectivity index (χ1v) is 8.69. The minimum Gasteiger partial charge on any atom is -0.451 e. The molecule has 0 unspecified atom stereocenters. The van der Waals surface area contributed by atoms with Crippen molar-refractivity contribution in [1.82, 2.24) is 5.48 Å². The van der Waals surface area contributed by atoms with Gasteiger partial charge in [-0.25, -0.2) is 9.59 Å². The van der Waals surface area contributed by atoms with Gasteiger partial charge in [0.1, 0.15) is 0 Å². The van der Waals surface area contributed by atoms with Crippen molar-refractivity contribution in [1.29, 1.82) is 0 Å². The molecule has 0 saturated carbocycles. The molecule has 2 aliphatic carbocycles. The Bertz CT molecular complexity index is 912. The topological polar surface area (TPSA) is 67.9 Å². The molecule has 2 aromatic carbocycles. The van der Waals surface area contributed by atoms with E-state index in [2.05, 4.69) is 29.0 Å². The number of nitrogens with one attached hydrogen (secondary N) is 1. The number of hydrogen-bond acceptors (Lipinski definition) is 4. The number of hydroxylamine groups is 1. The lowest BCUT2D eigenvalue weighted by molar-refractivity contribution is 0.0767. The largest absolute Gasteiger partial charge is 0.451 e. The highest BCUT2D eigenvalue weighted by molar-refractivity contribution is 5.88. The molecule has 6 nitrogen and oxygen atoms in total. The molecule has 4 rings (SSSR count). The van der Waals surface area contributed by atoms with Crippen LogP contribution in [-0.2, 0) is 16.1 Å². The molecule has 0 heterocycles. The number of amides is 2. The normalized spacial score (nSPS) is 10.0. The first-order valence-electron chi connectivity index (χ1n) is 8.69. The van der Waals surface area contributed by atoms with E-state index in [9.17, 15) is 9.59 Å². The summed E-state index contributed by atoms with van der Waals surface area (Å²) in [6.45, 7) is 0.312. The fourth-order valence-electron chi connectivity index (χ4n) is 2.49. The summed E-state index contributed by atoms with van der Waals surface area (Å²) >= 11 is 0. The van der Waals surface area contributed by atoms with Crippen LogP contribution in [-0.4, -0.2) is 19.3 Å². The Kier molecular flexibility index (Phi) is 6.25. The van der Waals surface area contributed by atoms with Crippen molar-refractivity contribution in [3.8, 4) is 11.1 Å². The number of ether oxygens (including phenoxy) is 1.